The molecule has 0 aliphatic carbocycles. The van der Waals surface area contributed by atoms with Crippen molar-refractivity contribution in [2.45, 2.75) is 33.1 Å². The van der Waals surface area contributed by atoms with Gasteiger partial charge in [0.05, 0.1) is 0 Å². The Morgan fingerprint density at radius 3 is 1.35 bits per heavy atom. The van der Waals surface area contributed by atoms with Crippen molar-refractivity contribution in [1.82, 2.24) is 4.98 Å². The molecule has 0 bridgehead atoms. The summed E-state index contributed by atoms with van der Waals surface area (Å²) in [5.41, 5.74) is 6.98. The highest BCUT2D eigenvalue weighted by Crippen LogP contribution is 2.35. The van der Waals surface area contributed by atoms with Crippen LogP contribution in [0.5, 0.6) is 0 Å². The fourth-order valence-electron chi connectivity index (χ4n) is 1.95. The second kappa shape index (κ2) is 6.26. The molecule has 3 heteroatoms. The molecule has 0 saturated carbocycles. The maximum absolute atomic E-state index is 4.95. The average molecular weight is 269 g/mol. The topological polar surface area (TPSA) is 12.9 Å². The van der Waals surface area contributed by atoms with Gasteiger partial charge in [-0.3, -0.25) is 4.98 Å². The van der Waals surface area contributed by atoms with Crippen molar-refractivity contribution >= 4 is 15.8 Å². The first-order chi connectivity index (χ1) is 7.82. The van der Waals surface area contributed by atoms with E-state index in [0.29, 0.717) is 0 Å². The van der Waals surface area contributed by atoms with Crippen LogP contribution in [0.2, 0.25) is 0 Å². The Labute approximate surface area is 109 Å². The van der Waals surface area contributed by atoms with Gasteiger partial charge in [-0.15, -0.1) is 15.8 Å². The summed E-state index contributed by atoms with van der Waals surface area (Å²) >= 11 is 0. The Bertz CT molecular complexity index is 363. The first-order valence-corrected chi connectivity index (χ1v) is 10.9. The van der Waals surface area contributed by atoms with Crippen molar-refractivity contribution in [3.8, 4) is 0 Å². The number of nitrogens with zero attached hydrogens (tertiary/aromatic N) is 1. The highest BCUT2D eigenvalue weighted by Gasteiger charge is 2.12. The van der Waals surface area contributed by atoms with Gasteiger partial charge < -0.3 is 0 Å². The number of aromatic nitrogens is 1. The van der Waals surface area contributed by atoms with E-state index in [9.17, 15) is 0 Å². The molecule has 0 aliphatic rings. The van der Waals surface area contributed by atoms with Crippen molar-refractivity contribution < 1.29 is 0 Å². The van der Waals surface area contributed by atoms with Gasteiger partial charge in [0, 0.05) is 23.7 Å². The number of rotatable bonds is 4. The molecule has 1 aromatic rings. The van der Waals surface area contributed by atoms with Crippen LogP contribution in [0.4, 0.5) is 0 Å². The summed E-state index contributed by atoms with van der Waals surface area (Å²) in [5.74, 6) is 0. The van der Waals surface area contributed by atoms with Gasteiger partial charge in [-0.2, -0.15) is 0 Å². The van der Waals surface area contributed by atoms with Crippen LogP contribution in [-0.2, 0) is 12.3 Å². The van der Waals surface area contributed by atoms with Gasteiger partial charge in [-0.1, -0.05) is 0 Å². The fraction of sp³-hybridized carbons (Fsp3) is 0.643. The summed E-state index contributed by atoms with van der Waals surface area (Å²) in [6.45, 7) is 16.0. The molecule has 0 radical (unpaired) electrons. The zero-order valence-corrected chi connectivity index (χ0v) is 14.0. The van der Waals surface area contributed by atoms with E-state index in [2.05, 4.69) is 47.4 Å². The molecule has 96 valence electrons. The Balaban J connectivity index is 3.19. The monoisotopic (exact) mass is 269 g/mol. The van der Waals surface area contributed by atoms with Gasteiger partial charge in [0.25, 0.3) is 0 Å². The van der Waals surface area contributed by atoms with Crippen LogP contribution < -0.4 is 0 Å². The maximum atomic E-state index is 4.95. The van der Waals surface area contributed by atoms with E-state index in [1.54, 1.807) is 0 Å². The van der Waals surface area contributed by atoms with Gasteiger partial charge in [0.1, 0.15) is 0 Å². The molecular formula is C14H25NP2. The molecule has 0 aliphatic heterocycles. The van der Waals surface area contributed by atoms with Crippen LogP contribution in [0.25, 0.3) is 0 Å². The van der Waals surface area contributed by atoms with E-state index >= 15 is 0 Å². The van der Waals surface area contributed by atoms with Crippen LogP contribution in [-0.4, -0.2) is 31.6 Å². The zero-order valence-electron chi connectivity index (χ0n) is 12.3. The van der Waals surface area contributed by atoms with Crippen LogP contribution in [0.1, 0.15) is 28.1 Å². The first kappa shape index (κ1) is 15.1. The van der Waals surface area contributed by atoms with Crippen LogP contribution in [0, 0.1) is 20.8 Å². The second-order valence-corrected chi connectivity index (χ2v) is 10.3. The lowest BCUT2D eigenvalue weighted by Crippen LogP contribution is -2.04. The van der Waals surface area contributed by atoms with Crippen molar-refractivity contribution in [3.05, 3.63) is 28.1 Å². The highest BCUT2D eigenvalue weighted by atomic mass is 31.1. The van der Waals surface area contributed by atoms with E-state index < -0.39 is 0 Å². The third-order valence-electron chi connectivity index (χ3n) is 3.19. The molecule has 1 nitrogen and oxygen atoms in total. The van der Waals surface area contributed by atoms with Gasteiger partial charge in [-0.25, -0.2) is 0 Å². The van der Waals surface area contributed by atoms with E-state index in [1.165, 1.54) is 40.4 Å². The third-order valence-corrected chi connectivity index (χ3v) is 5.06. The smallest absolute Gasteiger partial charge is 0.0481 e. The summed E-state index contributed by atoms with van der Waals surface area (Å²) in [4.78, 5) is 4.95. The summed E-state index contributed by atoms with van der Waals surface area (Å²) in [6, 6.07) is 0. The van der Waals surface area contributed by atoms with Gasteiger partial charge in [-0.05, 0) is 64.1 Å². The maximum Gasteiger partial charge on any atom is 0.0481 e. The van der Waals surface area contributed by atoms with Gasteiger partial charge >= 0.3 is 0 Å². The predicted octanol–water partition coefficient (Wildman–Crippen LogP) is 4.49. The predicted molar refractivity (Wildman–Crippen MR) is 83.4 cm³/mol. The lowest BCUT2D eigenvalue weighted by Gasteiger charge is -2.17. The first-order valence-electron chi connectivity index (χ1n) is 6.08. The SMILES string of the molecule is Cc1c(CP(C)C)nc(CP(C)C)c(C)c1C. The molecular weight excluding hydrogens is 244 g/mol. The standard InChI is InChI=1S/C14H25NP2/c1-10-11(2)13(8-16(4)5)15-14(12(10)3)9-17(6)7/h8-9H2,1-7H3. The lowest BCUT2D eigenvalue weighted by molar-refractivity contribution is 1.00. The van der Waals surface area contributed by atoms with E-state index in [1.807, 2.05) is 0 Å². The molecule has 1 aromatic heterocycles. The van der Waals surface area contributed by atoms with E-state index in [0.717, 1.165) is 0 Å². The Morgan fingerprint density at radius 2 is 1.06 bits per heavy atom. The molecule has 1 heterocycles. The molecule has 0 spiro atoms. The molecule has 1 rings (SSSR count). The molecule has 0 atom stereocenters. The Morgan fingerprint density at radius 1 is 0.706 bits per heavy atom. The van der Waals surface area contributed by atoms with Crippen molar-refractivity contribution in [2.24, 2.45) is 0 Å². The van der Waals surface area contributed by atoms with Crippen LogP contribution in [0.3, 0.4) is 0 Å². The minimum Gasteiger partial charge on any atom is -0.257 e. The second-order valence-electron chi connectivity index (χ2n) is 5.36. The molecule has 0 N–H and O–H groups in total. The average Bonchev–Trinajstić information content (AvgIpc) is 2.20. The summed E-state index contributed by atoms with van der Waals surface area (Å²) in [6.07, 6.45) is 2.33. The summed E-state index contributed by atoms with van der Waals surface area (Å²) in [7, 11) is 0.190. The minimum absolute atomic E-state index is 0.0951. The van der Waals surface area contributed by atoms with Gasteiger partial charge in [0.15, 0.2) is 0 Å². The quantitative estimate of drug-likeness (QED) is 0.734. The number of hydrogen-bond acceptors (Lipinski definition) is 1. The Kier molecular flexibility index (Phi) is 5.55. The minimum atomic E-state index is 0.0951. The molecule has 0 aromatic carbocycles. The van der Waals surface area contributed by atoms with Crippen LogP contribution in [0.15, 0.2) is 0 Å². The molecule has 0 amide bonds. The van der Waals surface area contributed by atoms with Crippen molar-refractivity contribution in [3.63, 3.8) is 0 Å². The Hall–Kier alpha value is 0.01000. The highest BCUT2D eigenvalue weighted by molar-refractivity contribution is 7.55. The molecule has 0 saturated heterocycles. The number of hydrogen-bond donors (Lipinski definition) is 0. The van der Waals surface area contributed by atoms with Crippen molar-refractivity contribution in [2.75, 3.05) is 26.7 Å². The summed E-state index contributed by atoms with van der Waals surface area (Å²) < 4.78 is 0. The number of pyridine rings is 1. The van der Waals surface area contributed by atoms with E-state index in [4.69, 9.17) is 4.98 Å². The third kappa shape index (κ3) is 4.01. The zero-order chi connectivity index (χ0) is 13.2. The summed E-state index contributed by atoms with van der Waals surface area (Å²) in [5, 5.41) is 0. The molecule has 0 fully saturated rings. The van der Waals surface area contributed by atoms with E-state index in [-0.39, 0.29) is 15.8 Å². The van der Waals surface area contributed by atoms with Gasteiger partial charge in [0.2, 0.25) is 0 Å². The molecule has 0 unspecified atom stereocenters. The molecule has 17 heavy (non-hydrogen) atoms. The van der Waals surface area contributed by atoms with Crippen LogP contribution >= 0.6 is 15.8 Å². The fourth-order valence-corrected chi connectivity index (χ4v) is 3.77. The van der Waals surface area contributed by atoms with Crippen molar-refractivity contribution in [1.29, 1.82) is 0 Å². The normalized spacial score (nSPS) is 11.6. The largest absolute Gasteiger partial charge is 0.257 e. The lowest BCUT2D eigenvalue weighted by atomic mass is 10.0.